The van der Waals surface area contributed by atoms with Gasteiger partial charge in [0.05, 0.1) is 26.5 Å². The average molecular weight is 557 g/mol. The van der Waals surface area contributed by atoms with Crippen LogP contribution in [0.25, 0.3) is 0 Å². The molecule has 2 heterocycles. The number of carbonyl (C=O) groups is 2. The molecular formula is C30H44N4O6. The topological polar surface area (TPSA) is 106 Å². The highest BCUT2D eigenvalue weighted by Crippen LogP contribution is 2.32. The van der Waals surface area contributed by atoms with Gasteiger partial charge in [0.1, 0.15) is 5.76 Å². The maximum Gasteiger partial charge on any atom is 0.318 e. The number of methoxy groups -OCH3 is 2. The highest BCUT2D eigenvalue weighted by Gasteiger charge is 2.38. The lowest BCUT2D eigenvalue weighted by atomic mass is 9.94. The fourth-order valence-electron chi connectivity index (χ4n) is 5.18. The van der Waals surface area contributed by atoms with E-state index in [1.807, 2.05) is 35.8 Å². The van der Waals surface area contributed by atoms with Crippen molar-refractivity contribution in [2.45, 2.75) is 51.7 Å². The van der Waals surface area contributed by atoms with E-state index in [9.17, 15) is 9.59 Å². The van der Waals surface area contributed by atoms with Crippen molar-refractivity contribution in [2.75, 3.05) is 53.6 Å². The maximum atomic E-state index is 13.8. The molecule has 4 rings (SSSR count). The van der Waals surface area contributed by atoms with Crippen LogP contribution in [0.2, 0.25) is 0 Å². The highest BCUT2D eigenvalue weighted by atomic mass is 16.5. The van der Waals surface area contributed by atoms with E-state index in [0.29, 0.717) is 49.9 Å². The average Bonchev–Trinajstić information content (AvgIpc) is 3.47. The molecule has 0 bridgehead atoms. The molecule has 220 valence electrons. The molecule has 10 heteroatoms. The minimum atomic E-state index is -0.0578. The van der Waals surface area contributed by atoms with Crippen LogP contribution in [-0.2, 0) is 11.3 Å². The molecule has 2 N–H and O–H groups in total. The van der Waals surface area contributed by atoms with E-state index in [-0.39, 0.29) is 35.9 Å². The monoisotopic (exact) mass is 556 g/mol. The van der Waals surface area contributed by atoms with Crippen molar-refractivity contribution in [3.05, 3.63) is 47.9 Å². The number of ether oxygens (including phenoxy) is 3. The van der Waals surface area contributed by atoms with Crippen molar-refractivity contribution in [3.63, 3.8) is 0 Å². The Hall–Kier alpha value is -3.24. The van der Waals surface area contributed by atoms with Gasteiger partial charge in [0.25, 0.3) is 5.91 Å². The van der Waals surface area contributed by atoms with Crippen molar-refractivity contribution in [2.24, 2.45) is 11.8 Å². The zero-order valence-corrected chi connectivity index (χ0v) is 24.2. The summed E-state index contributed by atoms with van der Waals surface area (Å²) in [5.74, 6) is 2.32. The molecule has 0 radical (unpaired) electrons. The van der Waals surface area contributed by atoms with Gasteiger partial charge in [0.15, 0.2) is 11.5 Å². The SMILES string of the molecule is COCCCOc1cc(C(=O)N(C[C@@H]2CNC[C@@H]2CN(C(=O)NCc2ccco2)C2CC2)C(C)C)ccc1OC. The summed E-state index contributed by atoms with van der Waals surface area (Å²) in [5.41, 5.74) is 0.565. The van der Waals surface area contributed by atoms with Crippen LogP contribution in [0.3, 0.4) is 0 Å². The summed E-state index contributed by atoms with van der Waals surface area (Å²) in [6.07, 6.45) is 4.41. The van der Waals surface area contributed by atoms with E-state index in [4.69, 9.17) is 18.6 Å². The molecule has 1 saturated carbocycles. The van der Waals surface area contributed by atoms with Gasteiger partial charge in [0.2, 0.25) is 0 Å². The van der Waals surface area contributed by atoms with Gasteiger partial charge in [-0.3, -0.25) is 4.79 Å². The van der Waals surface area contributed by atoms with E-state index in [1.54, 1.807) is 38.7 Å². The minimum Gasteiger partial charge on any atom is -0.493 e. The number of urea groups is 1. The van der Waals surface area contributed by atoms with E-state index >= 15 is 0 Å². The number of hydrogen-bond donors (Lipinski definition) is 2. The molecule has 1 aromatic carbocycles. The van der Waals surface area contributed by atoms with Crippen LogP contribution >= 0.6 is 0 Å². The summed E-state index contributed by atoms with van der Waals surface area (Å²) in [7, 11) is 3.25. The van der Waals surface area contributed by atoms with Gasteiger partial charge in [-0.2, -0.15) is 0 Å². The molecule has 0 unspecified atom stereocenters. The molecule has 2 aliphatic rings. The van der Waals surface area contributed by atoms with E-state index in [2.05, 4.69) is 10.6 Å². The van der Waals surface area contributed by atoms with Gasteiger partial charge in [-0.05, 0) is 68.9 Å². The first-order chi connectivity index (χ1) is 19.4. The molecule has 40 heavy (non-hydrogen) atoms. The molecular weight excluding hydrogens is 512 g/mol. The standard InChI is InChI=1S/C30H44N4O6/c1-21(2)33(29(35)22-8-11-27(38-4)28(15-22)40-14-6-12-37-3)19-23-16-31-17-24(23)20-34(25-9-10-25)30(36)32-18-26-7-5-13-39-26/h5,7-8,11,13,15,21,23-25,31H,6,9-10,12,14,16-20H2,1-4H3,(H,32,36)/t23-,24+/m0/s1. The second-order valence-electron chi connectivity index (χ2n) is 10.9. The van der Waals surface area contributed by atoms with Gasteiger partial charge >= 0.3 is 6.03 Å². The van der Waals surface area contributed by atoms with Crippen LogP contribution in [0.15, 0.2) is 41.0 Å². The number of rotatable bonds is 15. The van der Waals surface area contributed by atoms with E-state index < -0.39 is 0 Å². The third-order valence-corrected chi connectivity index (χ3v) is 7.63. The Labute approximate surface area is 237 Å². The number of benzene rings is 1. The second-order valence-corrected chi connectivity index (χ2v) is 10.9. The van der Waals surface area contributed by atoms with Crippen LogP contribution in [0.5, 0.6) is 11.5 Å². The van der Waals surface area contributed by atoms with Crippen molar-refractivity contribution in [3.8, 4) is 11.5 Å². The predicted octanol–water partition coefficient (Wildman–Crippen LogP) is 3.76. The smallest absolute Gasteiger partial charge is 0.318 e. The maximum absolute atomic E-state index is 13.8. The van der Waals surface area contributed by atoms with Gasteiger partial charge in [-0.1, -0.05) is 0 Å². The Morgan fingerprint density at radius 2 is 1.85 bits per heavy atom. The third-order valence-electron chi connectivity index (χ3n) is 7.63. The molecule has 1 saturated heterocycles. The lowest BCUT2D eigenvalue weighted by Crippen LogP contribution is -2.47. The summed E-state index contributed by atoms with van der Waals surface area (Å²) >= 11 is 0. The van der Waals surface area contributed by atoms with Crippen LogP contribution < -0.4 is 20.1 Å². The van der Waals surface area contributed by atoms with Crippen LogP contribution in [0.1, 0.15) is 49.2 Å². The predicted molar refractivity (Wildman–Crippen MR) is 152 cm³/mol. The Kier molecular flexibility index (Phi) is 10.7. The third kappa shape index (κ3) is 7.91. The summed E-state index contributed by atoms with van der Waals surface area (Å²) in [5, 5.41) is 6.51. The lowest BCUT2D eigenvalue weighted by Gasteiger charge is -2.33. The van der Waals surface area contributed by atoms with Crippen LogP contribution in [0, 0.1) is 11.8 Å². The molecule has 3 amide bonds. The molecule has 10 nitrogen and oxygen atoms in total. The fourth-order valence-corrected chi connectivity index (χ4v) is 5.18. The van der Waals surface area contributed by atoms with Crippen molar-refractivity contribution < 1.29 is 28.2 Å². The first-order valence-electron chi connectivity index (χ1n) is 14.3. The Bertz CT molecular complexity index is 1090. The zero-order valence-electron chi connectivity index (χ0n) is 24.2. The summed E-state index contributed by atoms with van der Waals surface area (Å²) < 4.78 is 21.8. The van der Waals surface area contributed by atoms with Crippen LogP contribution in [0.4, 0.5) is 4.79 Å². The number of hydrogen-bond acceptors (Lipinski definition) is 7. The lowest BCUT2D eigenvalue weighted by molar-refractivity contribution is 0.0652. The number of amides is 3. The van der Waals surface area contributed by atoms with Crippen LogP contribution in [-0.4, -0.2) is 87.4 Å². The molecule has 1 aromatic heterocycles. The largest absolute Gasteiger partial charge is 0.493 e. The van der Waals surface area contributed by atoms with E-state index in [0.717, 1.165) is 38.1 Å². The summed E-state index contributed by atoms with van der Waals surface area (Å²) in [6.45, 7) is 8.42. The summed E-state index contributed by atoms with van der Waals surface area (Å²) in [6, 6.07) is 9.26. The Morgan fingerprint density at radius 3 is 2.50 bits per heavy atom. The highest BCUT2D eigenvalue weighted by molar-refractivity contribution is 5.95. The fraction of sp³-hybridized carbons (Fsp3) is 0.600. The molecule has 1 aliphatic carbocycles. The molecule has 2 atom stereocenters. The first kappa shape index (κ1) is 29.7. The molecule has 2 aromatic rings. The van der Waals surface area contributed by atoms with Crippen molar-refractivity contribution >= 4 is 11.9 Å². The number of nitrogens with one attached hydrogen (secondary N) is 2. The summed E-state index contributed by atoms with van der Waals surface area (Å²) in [4.78, 5) is 30.8. The Balaban J connectivity index is 1.40. The molecule has 2 fully saturated rings. The number of furan rings is 1. The normalized spacial score (nSPS) is 18.5. The molecule has 1 aliphatic heterocycles. The second kappa shape index (κ2) is 14.4. The first-order valence-corrected chi connectivity index (χ1v) is 14.3. The number of carbonyl (C=O) groups excluding carboxylic acids is 2. The van der Waals surface area contributed by atoms with Gasteiger partial charge in [0, 0.05) is 64.0 Å². The minimum absolute atomic E-state index is 0.0121. The van der Waals surface area contributed by atoms with Gasteiger partial charge in [-0.25, -0.2) is 4.79 Å². The van der Waals surface area contributed by atoms with E-state index in [1.165, 1.54) is 0 Å². The Morgan fingerprint density at radius 1 is 1.07 bits per heavy atom. The zero-order chi connectivity index (χ0) is 28.5. The van der Waals surface area contributed by atoms with Gasteiger partial charge in [-0.15, -0.1) is 0 Å². The van der Waals surface area contributed by atoms with Crippen molar-refractivity contribution in [1.29, 1.82) is 0 Å². The quantitative estimate of drug-likeness (QED) is 0.322. The molecule has 0 spiro atoms. The number of nitrogens with zero attached hydrogens (tertiary/aromatic N) is 2. The van der Waals surface area contributed by atoms with Crippen molar-refractivity contribution in [1.82, 2.24) is 20.4 Å². The van der Waals surface area contributed by atoms with Gasteiger partial charge < -0.3 is 39.1 Å².